The fraction of sp³-hybridized carbons (Fsp3) is 0.238. The Kier molecular flexibility index (Phi) is 6.26. The number of carbonyl (C=O) groups is 2. The standard InChI is InChI=1S/C21H20Cl2N2O5/c1-10-6-11(21(28)29)4-5-12(10)14(9-26)24-20(27)16-7-13-15(25(16)2)8-17(30-3)19(23)18(13)22/h4-8,14,26H,9H2,1-3H3,(H,24,27)(H,28,29)/t14-/m1/s1. The average molecular weight is 451 g/mol. The zero-order valence-corrected chi connectivity index (χ0v) is 18.0. The van der Waals surface area contributed by atoms with Crippen LogP contribution in [0.5, 0.6) is 5.75 Å². The third-order valence-corrected chi connectivity index (χ3v) is 5.89. The molecule has 7 nitrogen and oxygen atoms in total. The summed E-state index contributed by atoms with van der Waals surface area (Å²) >= 11 is 12.6. The number of fused-ring (bicyclic) bond motifs is 1. The van der Waals surface area contributed by atoms with E-state index in [0.717, 1.165) is 0 Å². The zero-order chi connectivity index (χ0) is 22.2. The second-order valence-corrected chi connectivity index (χ2v) is 7.57. The van der Waals surface area contributed by atoms with Gasteiger partial charge in [-0.3, -0.25) is 4.79 Å². The van der Waals surface area contributed by atoms with Crippen LogP contribution >= 0.6 is 23.2 Å². The van der Waals surface area contributed by atoms with Crippen LogP contribution in [0.3, 0.4) is 0 Å². The number of carboxylic acids is 1. The molecule has 0 saturated heterocycles. The van der Waals surface area contributed by atoms with Crippen LogP contribution in [0, 0.1) is 6.92 Å². The van der Waals surface area contributed by atoms with Gasteiger partial charge in [-0.1, -0.05) is 29.3 Å². The smallest absolute Gasteiger partial charge is 0.335 e. The fourth-order valence-electron chi connectivity index (χ4n) is 3.40. The SMILES string of the molecule is COc1cc2c(cc(C(=O)N[C@H](CO)c3ccc(C(=O)O)cc3C)n2C)c(Cl)c1Cl. The molecular formula is C21H20Cl2N2O5. The zero-order valence-electron chi connectivity index (χ0n) is 16.5. The van der Waals surface area contributed by atoms with E-state index in [2.05, 4.69) is 5.32 Å². The van der Waals surface area contributed by atoms with Gasteiger partial charge >= 0.3 is 5.97 Å². The Bertz CT molecular complexity index is 1160. The van der Waals surface area contributed by atoms with Gasteiger partial charge < -0.3 is 24.8 Å². The number of rotatable bonds is 6. The van der Waals surface area contributed by atoms with Crippen molar-refractivity contribution in [3.8, 4) is 5.75 Å². The third-order valence-electron chi connectivity index (χ3n) is 5.03. The van der Waals surface area contributed by atoms with Gasteiger partial charge in [0.05, 0.1) is 35.9 Å². The number of aliphatic hydroxyl groups excluding tert-OH is 1. The van der Waals surface area contributed by atoms with Crippen molar-refractivity contribution >= 4 is 46.0 Å². The highest BCUT2D eigenvalue weighted by Gasteiger charge is 2.22. The Balaban J connectivity index is 1.96. The molecule has 1 amide bonds. The summed E-state index contributed by atoms with van der Waals surface area (Å²) in [6.07, 6.45) is 0. The summed E-state index contributed by atoms with van der Waals surface area (Å²) in [5.74, 6) is -1.08. The fourth-order valence-corrected chi connectivity index (χ4v) is 3.88. The van der Waals surface area contributed by atoms with Crippen LogP contribution in [-0.2, 0) is 7.05 Å². The number of nitrogens with one attached hydrogen (secondary N) is 1. The lowest BCUT2D eigenvalue weighted by Crippen LogP contribution is -2.32. The molecule has 30 heavy (non-hydrogen) atoms. The molecule has 0 aliphatic rings. The van der Waals surface area contributed by atoms with E-state index in [4.69, 9.17) is 33.0 Å². The number of benzene rings is 2. The molecule has 158 valence electrons. The van der Waals surface area contributed by atoms with Crippen LogP contribution in [0.4, 0.5) is 0 Å². The van der Waals surface area contributed by atoms with Gasteiger partial charge in [-0.05, 0) is 36.2 Å². The molecule has 1 atom stereocenters. The lowest BCUT2D eigenvalue weighted by molar-refractivity contribution is 0.0696. The second kappa shape index (κ2) is 8.55. The number of amides is 1. The van der Waals surface area contributed by atoms with Crippen molar-refractivity contribution in [2.75, 3.05) is 13.7 Å². The molecule has 0 unspecified atom stereocenters. The molecule has 0 saturated carbocycles. The number of carbonyl (C=O) groups excluding carboxylic acids is 1. The van der Waals surface area contributed by atoms with Crippen molar-refractivity contribution < 1.29 is 24.5 Å². The van der Waals surface area contributed by atoms with Crippen molar-refractivity contribution in [3.05, 3.63) is 62.8 Å². The van der Waals surface area contributed by atoms with Gasteiger partial charge in [0.25, 0.3) is 5.91 Å². The summed E-state index contributed by atoms with van der Waals surface area (Å²) in [6.45, 7) is 1.37. The number of nitrogens with zero attached hydrogens (tertiary/aromatic N) is 1. The Morgan fingerprint density at radius 1 is 1.20 bits per heavy atom. The minimum atomic E-state index is -1.05. The molecule has 2 aromatic carbocycles. The number of aryl methyl sites for hydroxylation is 2. The number of aliphatic hydroxyl groups is 1. The number of carboxylic acid groups (broad SMARTS) is 1. The molecule has 0 aliphatic carbocycles. The maximum Gasteiger partial charge on any atom is 0.335 e. The van der Waals surface area contributed by atoms with E-state index in [9.17, 15) is 14.7 Å². The highest BCUT2D eigenvalue weighted by Crippen LogP contribution is 2.39. The molecule has 0 aliphatic heterocycles. The van der Waals surface area contributed by atoms with Crippen molar-refractivity contribution in [2.24, 2.45) is 7.05 Å². The van der Waals surface area contributed by atoms with Crippen LogP contribution in [0.15, 0.2) is 30.3 Å². The first-order valence-corrected chi connectivity index (χ1v) is 9.72. The Hall–Kier alpha value is -2.74. The summed E-state index contributed by atoms with van der Waals surface area (Å²) in [5.41, 5.74) is 2.38. The van der Waals surface area contributed by atoms with Gasteiger partial charge in [-0.15, -0.1) is 0 Å². The van der Waals surface area contributed by atoms with Crippen molar-refractivity contribution in [3.63, 3.8) is 0 Å². The quantitative estimate of drug-likeness (QED) is 0.527. The Labute approximate surface area is 182 Å². The summed E-state index contributed by atoms with van der Waals surface area (Å²) in [5, 5.41) is 22.9. The largest absolute Gasteiger partial charge is 0.495 e. The van der Waals surface area contributed by atoms with Gasteiger partial charge in [0, 0.05) is 18.5 Å². The minimum absolute atomic E-state index is 0.133. The highest BCUT2D eigenvalue weighted by atomic mass is 35.5. The van der Waals surface area contributed by atoms with E-state index in [1.165, 1.54) is 19.2 Å². The number of ether oxygens (including phenoxy) is 1. The number of hydrogen-bond acceptors (Lipinski definition) is 4. The second-order valence-electron chi connectivity index (χ2n) is 6.81. The molecule has 1 aromatic heterocycles. The van der Waals surface area contributed by atoms with E-state index < -0.39 is 17.9 Å². The Morgan fingerprint density at radius 2 is 1.90 bits per heavy atom. The summed E-state index contributed by atoms with van der Waals surface area (Å²) in [4.78, 5) is 24.1. The van der Waals surface area contributed by atoms with E-state index >= 15 is 0 Å². The van der Waals surface area contributed by atoms with Gasteiger partial charge in [0.15, 0.2) is 0 Å². The Morgan fingerprint density at radius 3 is 2.47 bits per heavy atom. The van der Waals surface area contributed by atoms with Gasteiger partial charge in [0.1, 0.15) is 16.5 Å². The van der Waals surface area contributed by atoms with Gasteiger partial charge in [-0.2, -0.15) is 0 Å². The summed E-state index contributed by atoms with van der Waals surface area (Å²) < 4.78 is 6.89. The first-order chi connectivity index (χ1) is 14.2. The molecule has 0 radical (unpaired) electrons. The maximum absolute atomic E-state index is 13.0. The van der Waals surface area contributed by atoms with Gasteiger partial charge in [-0.25, -0.2) is 4.79 Å². The number of aromatic carboxylic acids is 1. The predicted molar refractivity (Wildman–Crippen MR) is 115 cm³/mol. The molecule has 9 heteroatoms. The third kappa shape index (κ3) is 3.84. The lowest BCUT2D eigenvalue weighted by atomic mass is 9.99. The number of aromatic nitrogens is 1. The molecule has 3 N–H and O–H groups in total. The normalized spacial score (nSPS) is 12.1. The van der Waals surface area contributed by atoms with E-state index in [1.807, 2.05) is 0 Å². The molecule has 1 heterocycles. The van der Waals surface area contributed by atoms with Crippen LogP contribution in [0.2, 0.25) is 10.0 Å². The number of methoxy groups -OCH3 is 1. The van der Waals surface area contributed by atoms with Crippen molar-refractivity contribution in [1.82, 2.24) is 9.88 Å². The first-order valence-electron chi connectivity index (χ1n) is 8.96. The van der Waals surface area contributed by atoms with E-state index in [0.29, 0.717) is 33.5 Å². The molecule has 0 bridgehead atoms. The van der Waals surface area contributed by atoms with Crippen LogP contribution in [0.25, 0.3) is 10.9 Å². The topological polar surface area (TPSA) is 101 Å². The lowest BCUT2D eigenvalue weighted by Gasteiger charge is -2.19. The summed E-state index contributed by atoms with van der Waals surface area (Å²) in [7, 11) is 3.19. The van der Waals surface area contributed by atoms with E-state index in [1.54, 1.807) is 36.7 Å². The maximum atomic E-state index is 13.0. The van der Waals surface area contributed by atoms with E-state index in [-0.39, 0.29) is 22.2 Å². The monoisotopic (exact) mass is 450 g/mol. The first kappa shape index (κ1) is 22.0. The number of hydrogen-bond donors (Lipinski definition) is 3. The van der Waals surface area contributed by atoms with Crippen LogP contribution in [-0.4, -0.2) is 40.4 Å². The molecule has 3 aromatic rings. The minimum Gasteiger partial charge on any atom is -0.495 e. The van der Waals surface area contributed by atoms with Crippen molar-refractivity contribution in [1.29, 1.82) is 0 Å². The average Bonchev–Trinajstić information content (AvgIpc) is 3.05. The van der Waals surface area contributed by atoms with Crippen molar-refractivity contribution in [2.45, 2.75) is 13.0 Å². The summed E-state index contributed by atoms with van der Waals surface area (Å²) in [6, 6.07) is 7.11. The molecular weight excluding hydrogens is 431 g/mol. The predicted octanol–water partition coefficient (Wildman–Crippen LogP) is 3.96. The highest BCUT2D eigenvalue weighted by molar-refractivity contribution is 6.46. The van der Waals surface area contributed by atoms with Gasteiger partial charge in [0.2, 0.25) is 0 Å². The van der Waals surface area contributed by atoms with Crippen LogP contribution in [0.1, 0.15) is 38.0 Å². The van der Waals surface area contributed by atoms with Crippen LogP contribution < -0.4 is 10.1 Å². The molecule has 3 rings (SSSR count). The molecule has 0 spiro atoms. The number of halogens is 2. The molecule has 0 fully saturated rings.